The van der Waals surface area contributed by atoms with E-state index in [9.17, 15) is 0 Å². The van der Waals surface area contributed by atoms with Crippen LogP contribution in [0.15, 0.2) is 18.2 Å². The molecule has 0 aliphatic carbocycles. The average Bonchev–Trinajstić information content (AvgIpc) is 2.05. The number of nitrogen functional groups attached to an aromatic ring is 1. The molecule has 2 rings (SSSR count). The van der Waals surface area contributed by atoms with Crippen LogP contribution in [0.2, 0.25) is 0 Å². The van der Waals surface area contributed by atoms with Crippen molar-refractivity contribution in [1.82, 2.24) is 0 Å². The number of hydrogen-bond acceptors (Lipinski definition) is 3. The van der Waals surface area contributed by atoms with Gasteiger partial charge in [0.15, 0.2) is 0 Å². The van der Waals surface area contributed by atoms with Crippen LogP contribution in [0.25, 0.3) is 0 Å². The van der Waals surface area contributed by atoms with E-state index in [1.807, 2.05) is 18.2 Å². The molecule has 1 aliphatic rings. The first-order valence-corrected chi connectivity index (χ1v) is 5.74. The molecule has 14 heavy (non-hydrogen) atoms. The number of rotatable bonds is 3. The molecule has 0 spiro atoms. The quantitative estimate of drug-likeness (QED) is 0.664. The van der Waals surface area contributed by atoms with E-state index >= 15 is 0 Å². The van der Waals surface area contributed by atoms with E-state index in [1.165, 1.54) is 0 Å². The number of nitrogens with one attached hydrogen (secondary N) is 1. The number of ether oxygens (including phenoxy) is 1. The monoisotopic (exact) mass is 304 g/mol. The van der Waals surface area contributed by atoms with Crippen LogP contribution in [0.4, 0.5) is 11.4 Å². The van der Waals surface area contributed by atoms with Crippen molar-refractivity contribution in [2.24, 2.45) is 0 Å². The van der Waals surface area contributed by atoms with E-state index in [0.29, 0.717) is 6.10 Å². The summed E-state index contributed by atoms with van der Waals surface area (Å²) in [6.07, 6.45) is 1.52. The van der Waals surface area contributed by atoms with Gasteiger partial charge in [-0.3, -0.25) is 0 Å². The normalized spacial score (nSPS) is 20.2. The zero-order valence-electron chi connectivity index (χ0n) is 7.79. The van der Waals surface area contributed by atoms with Gasteiger partial charge in [0.25, 0.3) is 0 Å². The summed E-state index contributed by atoms with van der Waals surface area (Å²) in [5, 5.41) is 3.29. The molecule has 1 fully saturated rings. The van der Waals surface area contributed by atoms with Gasteiger partial charge in [-0.1, -0.05) is 0 Å². The number of benzene rings is 1. The van der Waals surface area contributed by atoms with Gasteiger partial charge < -0.3 is 15.8 Å². The molecule has 0 aromatic heterocycles. The highest BCUT2D eigenvalue weighted by molar-refractivity contribution is 14.1. The van der Waals surface area contributed by atoms with Gasteiger partial charge in [0.2, 0.25) is 0 Å². The summed E-state index contributed by atoms with van der Waals surface area (Å²) in [5.74, 6) is 0. The number of nitrogens with two attached hydrogens (primary N) is 1. The third-order valence-corrected chi connectivity index (χ3v) is 3.00. The van der Waals surface area contributed by atoms with Gasteiger partial charge in [-0.15, -0.1) is 0 Å². The highest BCUT2D eigenvalue weighted by atomic mass is 127. The Balaban J connectivity index is 1.94. The minimum atomic E-state index is 0.369. The lowest BCUT2D eigenvalue weighted by Crippen LogP contribution is -2.33. The zero-order valence-corrected chi connectivity index (χ0v) is 9.95. The van der Waals surface area contributed by atoms with E-state index in [0.717, 1.165) is 34.5 Å². The molecule has 0 amide bonds. The maximum Gasteiger partial charge on any atom is 0.0769 e. The van der Waals surface area contributed by atoms with Crippen molar-refractivity contribution in [2.75, 3.05) is 24.2 Å². The van der Waals surface area contributed by atoms with Crippen molar-refractivity contribution in [3.8, 4) is 0 Å². The molecule has 1 saturated heterocycles. The van der Waals surface area contributed by atoms with Gasteiger partial charge in [0.05, 0.1) is 17.5 Å². The maximum atomic E-state index is 5.86. The summed E-state index contributed by atoms with van der Waals surface area (Å²) in [4.78, 5) is 0. The molecule has 0 saturated carbocycles. The fraction of sp³-hybridized carbons (Fsp3) is 0.400. The summed E-state index contributed by atoms with van der Waals surface area (Å²) >= 11 is 2.25. The van der Waals surface area contributed by atoms with E-state index in [1.54, 1.807) is 0 Å². The van der Waals surface area contributed by atoms with Crippen molar-refractivity contribution >= 4 is 34.0 Å². The Hall–Kier alpha value is -0.490. The first kappa shape index (κ1) is 10.0. The first-order valence-electron chi connectivity index (χ1n) is 4.66. The summed E-state index contributed by atoms with van der Waals surface area (Å²) in [7, 11) is 0. The molecule has 1 unspecified atom stereocenters. The van der Waals surface area contributed by atoms with Crippen LogP contribution in [-0.2, 0) is 4.74 Å². The Morgan fingerprint density at radius 1 is 1.57 bits per heavy atom. The molecular formula is C10H13IN2O. The predicted molar refractivity (Wildman–Crippen MR) is 66.4 cm³/mol. The average molecular weight is 304 g/mol. The third kappa shape index (κ3) is 2.30. The minimum Gasteiger partial charge on any atom is -0.397 e. The summed E-state index contributed by atoms with van der Waals surface area (Å²) < 4.78 is 6.47. The highest BCUT2D eigenvalue weighted by Crippen LogP contribution is 2.21. The van der Waals surface area contributed by atoms with Gasteiger partial charge in [-0.25, -0.2) is 0 Å². The molecule has 3 N–H and O–H groups in total. The Kier molecular flexibility index (Phi) is 3.12. The maximum absolute atomic E-state index is 5.86. The van der Waals surface area contributed by atoms with Crippen LogP contribution < -0.4 is 11.1 Å². The molecule has 3 nitrogen and oxygen atoms in total. The molecule has 1 aromatic carbocycles. The molecule has 76 valence electrons. The minimum absolute atomic E-state index is 0.369. The van der Waals surface area contributed by atoms with Gasteiger partial charge in [-0.2, -0.15) is 0 Å². The van der Waals surface area contributed by atoms with E-state index < -0.39 is 0 Å². The lowest BCUT2D eigenvalue weighted by molar-refractivity contribution is -0.0410. The largest absolute Gasteiger partial charge is 0.397 e. The first-order chi connectivity index (χ1) is 6.75. The predicted octanol–water partition coefficient (Wildman–Crippen LogP) is 2.07. The fourth-order valence-electron chi connectivity index (χ4n) is 1.36. The van der Waals surface area contributed by atoms with Crippen molar-refractivity contribution in [1.29, 1.82) is 0 Å². The van der Waals surface area contributed by atoms with Crippen LogP contribution in [-0.4, -0.2) is 19.3 Å². The SMILES string of the molecule is Nc1cc(I)ccc1NCC1CCO1. The lowest BCUT2D eigenvalue weighted by atomic mass is 10.2. The van der Waals surface area contributed by atoms with Gasteiger partial charge in [-0.05, 0) is 47.2 Å². The van der Waals surface area contributed by atoms with Crippen LogP contribution >= 0.6 is 22.6 Å². The van der Waals surface area contributed by atoms with Gasteiger partial charge >= 0.3 is 0 Å². The molecule has 1 heterocycles. The zero-order chi connectivity index (χ0) is 9.97. The highest BCUT2D eigenvalue weighted by Gasteiger charge is 2.17. The van der Waals surface area contributed by atoms with Crippen LogP contribution in [0.5, 0.6) is 0 Å². The Bertz CT molecular complexity index is 326. The smallest absolute Gasteiger partial charge is 0.0769 e. The van der Waals surface area contributed by atoms with Gasteiger partial charge in [0.1, 0.15) is 0 Å². The standard InChI is InChI=1S/C10H13IN2O/c11-7-1-2-10(9(12)5-7)13-6-8-3-4-14-8/h1-2,5,8,13H,3-4,6,12H2. The Morgan fingerprint density at radius 3 is 2.93 bits per heavy atom. The van der Waals surface area contributed by atoms with Crippen molar-refractivity contribution in [2.45, 2.75) is 12.5 Å². The molecule has 0 radical (unpaired) electrons. The summed E-state index contributed by atoms with van der Waals surface area (Å²) in [6, 6.07) is 6.02. The second-order valence-corrected chi connectivity index (χ2v) is 4.64. The topological polar surface area (TPSA) is 47.3 Å². The molecule has 0 bridgehead atoms. The van der Waals surface area contributed by atoms with Gasteiger partial charge in [0, 0.05) is 16.7 Å². The van der Waals surface area contributed by atoms with E-state index in [-0.39, 0.29) is 0 Å². The molecule has 1 aromatic rings. The molecular weight excluding hydrogens is 291 g/mol. The molecule has 4 heteroatoms. The number of halogens is 1. The third-order valence-electron chi connectivity index (χ3n) is 2.33. The summed E-state index contributed by atoms with van der Waals surface area (Å²) in [6.45, 7) is 1.75. The summed E-state index contributed by atoms with van der Waals surface area (Å²) in [5.41, 5.74) is 7.66. The fourth-order valence-corrected chi connectivity index (χ4v) is 1.88. The second-order valence-electron chi connectivity index (χ2n) is 3.39. The van der Waals surface area contributed by atoms with Crippen LogP contribution in [0.3, 0.4) is 0 Å². The van der Waals surface area contributed by atoms with Crippen LogP contribution in [0.1, 0.15) is 6.42 Å². The van der Waals surface area contributed by atoms with Crippen LogP contribution in [0, 0.1) is 3.57 Å². The number of anilines is 2. The van der Waals surface area contributed by atoms with Crippen molar-refractivity contribution in [3.05, 3.63) is 21.8 Å². The lowest BCUT2D eigenvalue weighted by Gasteiger charge is -2.27. The Labute approximate surface area is 97.2 Å². The second kappa shape index (κ2) is 4.35. The molecule has 1 aliphatic heterocycles. The van der Waals surface area contributed by atoms with Crippen molar-refractivity contribution < 1.29 is 4.74 Å². The Morgan fingerprint density at radius 2 is 2.36 bits per heavy atom. The van der Waals surface area contributed by atoms with E-state index in [4.69, 9.17) is 10.5 Å². The number of hydrogen-bond donors (Lipinski definition) is 2. The van der Waals surface area contributed by atoms with Crippen molar-refractivity contribution in [3.63, 3.8) is 0 Å². The van der Waals surface area contributed by atoms with E-state index in [2.05, 4.69) is 27.9 Å². The molecule has 1 atom stereocenters.